The van der Waals surface area contributed by atoms with Crippen LogP contribution in [0.15, 0.2) is 30.5 Å². The van der Waals surface area contributed by atoms with E-state index in [4.69, 9.17) is 23.2 Å². The van der Waals surface area contributed by atoms with E-state index in [-0.39, 0.29) is 11.9 Å². The second-order valence-electron chi connectivity index (χ2n) is 5.95. The van der Waals surface area contributed by atoms with E-state index in [0.29, 0.717) is 28.8 Å². The summed E-state index contributed by atoms with van der Waals surface area (Å²) < 4.78 is 1.65. The highest BCUT2D eigenvalue weighted by atomic mass is 35.5. The fourth-order valence-corrected chi connectivity index (χ4v) is 3.23. The molecular formula is C16H14Cl2N6O. The van der Waals surface area contributed by atoms with Crippen molar-refractivity contribution in [1.29, 1.82) is 0 Å². The van der Waals surface area contributed by atoms with Gasteiger partial charge >= 0.3 is 0 Å². The Morgan fingerprint density at radius 1 is 1.28 bits per heavy atom. The van der Waals surface area contributed by atoms with Crippen LogP contribution >= 0.6 is 23.2 Å². The predicted octanol–water partition coefficient (Wildman–Crippen LogP) is 2.29. The third kappa shape index (κ3) is 3.01. The van der Waals surface area contributed by atoms with Gasteiger partial charge in [0, 0.05) is 38.0 Å². The molecular weight excluding hydrogens is 363 g/mol. The van der Waals surface area contributed by atoms with E-state index in [9.17, 15) is 4.79 Å². The highest BCUT2D eigenvalue weighted by molar-refractivity contribution is 6.34. The van der Waals surface area contributed by atoms with Gasteiger partial charge in [-0.15, -0.1) is 5.10 Å². The quantitative estimate of drug-likeness (QED) is 0.709. The van der Waals surface area contributed by atoms with Crippen molar-refractivity contribution < 1.29 is 4.79 Å². The van der Waals surface area contributed by atoms with Crippen molar-refractivity contribution in [2.24, 2.45) is 7.05 Å². The fourth-order valence-electron chi connectivity index (χ4n) is 2.85. The lowest BCUT2D eigenvalue weighted by Crippen LogP contribution is -2.59. The van der Waals surface area contributed by atoms with E-state index in [1.807, 2.05) is 0 Å². The minimum atomic E-state index is -0.119. The molecule has 1 saturated heterocycles. The zero-order valence-corrected chi connectivity index (χ0v) is 14.8. The SMILES string of the molecule is Cn1nnc2ccc(C(=O)NC3CN(c4cc(Cl)ncc4Cl)C3)cc21. The van der Waals surface area contributed by atoms with Gasteiger partial charge in [0.15, 0.2) is 0 Å². The maximum atomic E-state index is 12.5. The predicted molar refractivity (Wildman–Crippen MR) is 96.2 cm³/mol. The third-order valence-corrected chi connectivity index (χ3v) is 4.73. The average Bonchev–Trinajstić information content (AvgIpc) is 2.93. The molecule has 7 nitrogen and oxygen atoms in total. The number of nitrogens with zero attached hydrogens (tertiary/aromatic N) is 5. The van der Waals surface area contributed by atoms with Gasteiger partial charge in [0.05, 0.1) is 22.3 Å². The Morgan fingerprint density at radius 3 is 2.88 bits per heavy atom. The second kappa shape index (κ2) is 6.16. The van der Waals surface area contributed by atoms with Gasteiger partial charge in [0.25, 0.3) is 5.91 Å². The van der Waals surface area contributed by atoms with Crippen LogP contribution in [0, 0.1) is 0 Å². The number of carbonyl (C=O) groups excluding carboxylic acids is 1. The van der Waals surface area contributed by atoms with Gasteiger partial charge in [-0.25, -0.2) is 9.67 Å². The maximum Gasteiger partial charge on any atom is 0.251 e. The Balaban J connectivity index is 1.42. The van der Waals surface area contributed by atoms with Crippen LogP contribution in [-0.4, -0.2) is 45.0 Å². The first-order valence-electron chi connectivity index (χ1n) is 7.67. The molecule has 1 fully saturated rings. The van der Waals surface area contributed by atoms with Crippen molar-refractivity contribution in [3.05, 3.63) is 46.2 Å². The van der Waals surface area contributed by atoms with Crippen LogP contribution < -0.4 is 10.2 Å². The molecule has 9 heteroatoms. The molecule has 3 aromatic rings. The molecule has 4 rings (SSSR count). The van der Waals surface area contributed by atoms with Crippen LogP contribution in [0.3, 0.4) is 0 Å². The number of aromatic nitrogens is 4. The third-order valence-electron chi connectivity index (χ3n) is 4.23. The number of hydrogen-bond donors (Lipinski definition) is 1. The molecule has 0 saturated carbocycles. The summed E-state index contributed by atoms with van der Waals surface area (Å²) in [6.45, 7) is 1.34. The first kappa shape index (κ1) is 16.1. The second-order valence-corrected chi connectivity index (χ2v) is 6.74. The molecule has 2 aromatic heterocycles. The smallest absolute Gasteiger partial charge is 0.251 e. The van der Waals surface area contributed by atoms with Crippen LogP contribution in [0.1, 0.15) is 10.4 Å². The zero-order chi connectivity index (χ0) is 17.6. The molecule has 1 amide bonds. The number of halogens is 2. The van der Waals surface area contributed by atoms with Gasteiger partial charge in [-0.05, 0) is 18.2 Å². The lowest BCUT2D eigenvalue weighted by atomic mass is 10.1. The summed E-state index contributed by atoms with van der Waals surface area (Å²) in [5.41, 5.74) is 3.00. The van der Waals surface area contributed by atoms with Crippen molar-refractivity contribution in [3.8, 4) is 0 Å². The van der Waals surface area contributed by atoms with Crippen molar-refractivity contribution in [2.45, 2.75) is 6.04 Å². The molecule has 0 bridgehead atoms. The molecule has 0 radical (unpaired) electrons. The highest BCUT2D eigenvalue weighted by Gasteiger charge is 2.30. The number of benzene rings is 1. The average molecular weight is 377 g/mol. The van der Waals surface area contributed by atoms with Crippen molar-refractivity contribution in [3.63, 3.8) is 0 Å². The summed E-state index contributed by atoms with van der Waals surface area (Å²) in [7, 11) is 1.80. The summed E-state index contributed by atoms with van der Waals surface area (Å²) in [5, 5.41) is 11.9. The molecule has 128 valence electrons. The summed E-state index contributed by atoms with van der Waals surface area (Å²) >= 11 is 12.1. The summed E-state index contributed by atoms with van der Waals surface area (Å²) in [6.07, 6.45) is 1.53. The van der Waals surface area contributed by atoms with Crippen molar-refractivity contribution in [2.75, 3.05) is 18.0 Å². The largest absolute Gasteiger partial charge is 0.366 e. The minimum Gasteiger partial charge on any atom is -0.366 e. The van der Waals surface area contributed by atoms with Gasteiger partial charge in [-0.2, -0.15) is 0 Å². The number of pyridine rings is 1. The standard InChI is InChI=1S/C16H14Cl2N6O/c1-23-14-4-9(2-3-12(14)21-22-23)16(25)20-10-7-24(8-10)13-5-15(18)19-6-11(13)17/h2-6,10H,7-8H2,1H3,(H,20,25). The topological polar surface area (TPSA) is 75.9 Å². The summed E-state index contributed by atoms with van der Waals surface area (Å²) in [5.74, 6) is -0.119. The van der Waals surface area contributed by atoms with E-state index < -0.39 is 0 Å². The molecule has 25 heavy (non-hydrogen) atoms. The zero-order valence-electron chi connectivity index (χ0n) is 13.3. The van der Waals surface area contributed by atoms with Gasteiger partial charge < -0.3 is 10.2 Å². The molecule has 3 heterocycles. The van der Waals surface area contributed by atoms with Crippen molar-refractivity contribution in [1.82, 2.24) is 25.3 Å². The maximum absolute atomic E-state index is 12.5. The van der Waals surface area contributed by atoms with Gasteiger partial charge in [0.2, 0.25) is 0 Å². The molecule has 1 aliphatic heterocycles. The van der Waals surface area contributed by atoms with Crippen LogP contribution in [0.2, 0.25) is 10.2 Å². The molecule has 0 unspecified atom stereocenters. The molecule has 1 aliphatic rings. The first-order chi connectivity index (χ1) is 12.0. The monoisotopic (exact) mass is 376 g/mol. The Labute approximate surface area is 153 Å². The summed E-state index contributed by atoms with van der Waals surface area (Å²) in [4.78, 5) is 18.4. The number of aryl methyl sites for hydroxylation is 1. The molecule has 1 N–H and O–H groups in total. The first-order valence-corrected chi connectivity index (χ1v) is 8.43. The number of anilines is 1. The molecule has 0 spiro atoms. The number of rotatable bonds is 3. The summed E-state index contributed by atoms with van der Waals surface area (Å²) in [6, 6.07) is 7.12. The van der Waals surface area contributed by atoms with Crippen molar-refractivity contribution >= 4 is 45.8 Å². The Morgan fingerprint density at radius 2 is 2.08 bits per heavy atom. The van der Waals surface area contributed by atoms with E-state index in [1.165, 1.54) is 6.20 Å². The number of fused-ring (bicyclic) bond motifs is 1. The van der Waals surface area contributed by atoms with E-state index in [0.717, 1.165) is 16.7 Å². The van der Waals surface area contributed by atoms with E-state index in [1.54, 1.807) is 36.0 Å². The minimum absolute atomic E-state index is 0.0517. The Kier molecular flexibility index (Phi) is 3.97. The lowest BCUT2D eigenvalue weighted by molar-refractivity contribution is 0.0930. The molecule has 1 aromatic carbocycles. The normalized spacial score (nSPS) is 14.6. The van der Waals surface area contributed by atoms with Gasteiger partial charge in [-0.3, -0.25) is 4.79 Å². The number of amides is 1. The van der Waals surface area contributed by atoms with Crippen LogP contribution in [0.25, 0.3) is 11.0 Å². The van der Waals surface area contributed by atoms with E-state index >= 15 is 0 Å². The number of carbonyl (C=O) groups is 1. The molecule has 0 aliphatic carbocycles. The Hall–Kier alpha value is -2.38. The van der Waals surface area contributed by atoms with Gasteiger partial charge in [-0.1, -0.05) is 28.4 Å². The van der Waals surface area contributed by atoms with Crippen LogP contribution in [0.5, 0.6) is 0 Å². The lowest BCUT2D eigenvalue weighted by Gasteiger charge is -2.41. The van der Waals surface area contributed by atoms with E-state index in [2.05, 4.69) is 25.5 Å². The molecule has 0 atom stereocenters. The fraction of sp³-hybridized carbons (Fsp3) is 0.250. The number of nitrogens with one attached hydrogen (secondary N) is 1. The highest BCUT2D eigenvalue weighted by Crippen LogP contribution is 2.30. The number of hydrogen-bond acceptors (Lipinski definition) is 5. The van der Waals surface area contributed by atoms with Crippen LogP contribution in [0.4, 0.5) is 5.69 Å². The Bertz CT molecular complexity index is 966. The van der Waals surface area contributed by atoms with Gasteiger partial charge in [0.1, 0.15) is 10.7 Å². The van der Waals surface area contributed by atoms with Crippen LogP contribution in [-0.2, 0) is 7.05 Å².